The molecule has 1 aromatic rings. The van der Waals surface area contributed by atoms with E-state index in [4.69, 9.17) is 0 Å². The van der Waals surface area contributed by atoms with E-state index in [0.717, 1.165) is 12.3 Å². The average molecular weight is 195 g/mol. The van der Waals surface area contributed by atoms with E-state index in [2.05, 4.69) is 10.3 Å². The number of hydrogen-bond donors (Lipinski definition) is 1. The van der Waals surface area contributed by atoms with Crippen LogP contribution in [0.2, 0.25) is 0 Å². The van der Waals surface area contributed by atoms with E-state index in [1.807, 2.05) is 0 Å². The zero-order chi connectivity index (χ0) is 8.27. The van der Waals surface area contributed by atoms with Gasteiger partial charge < -0.3 is 5.32 Å². The van der Waals surface area contributed by atoms with E-state index in [1.165, 1.54) is 0 Å². The number of nitrogens with zero attached hydrogens (tertiary/aromatic N) is 1. The summed E-state index contributed by atoms with van der Waals surface area (Å²) >= 11 is 0. The summed E-state index contributed by atoms with van der Waals surface area (Å²) in [5.41, 5.74) is 0.230. The highest BCUT2D eigenvalue weighted by Gasteiger charge is 2.02. The first-order valence-corrected chi connectivity index (χ1v) is 3.18. The van der Waals surface area contributed by atoms with Crippen molar-refractivity contribution in [3.05, 3.63) is 29.6 Å². The molecule has 1 heterocycles. The predicted molar refractivity (Wildman–Crippen MR) is 44.2 cm³/mol. The van der Waals surface area contributed by atoms with Gasteiger partial charge in [-0.25, -0.2) is 8.78 Å². The quantitative estimate of drug-likeness (QED) is 0.772. The lowest BCUT2D eigenvalue weighted by Crippen LogP contribution is -2.09. The molecule has 0 saturated carbocycles. The monoisotopic (exact) mass is 194 g/mol. The molecule has 0 aromatic carbocycles. The summed E-state index contributed by atoms with van der Waals surface area (Å²) in [6.07, 6.45) is 0.996. The molecule has 1 N–H and O–H groups in total. The van der Waals surface area contributed by atoms with Gasteiger partial charge in [-0.1, -0.05) is 0 Å². The Balaban J connectivity index is 0.00000121. The van der Waals surface area contributed by atoms with E-state index >= 15 is 0 Å². The molecule has 12 heavy (non-hydrogen) atoms. The van der Waals surface area contributed by atoms with Crippen molar-refractivity contribution in [3.8, 4) is 0 Å². The molecular weight excluding hydrogens is 186 g/mol. The topological polar surface area (TPSA) is 24.9 Å². The van der Waals surface area contributed by atoms with Crippen LogP contribution in [0, 0.1) is 11.6 Å². The van der Waals surface area contributed by atoms with Gasteiger partial charge in [0.2, 0.25) is 0 Å². The Hall–Kier alpha value is -0.740. The molecule has 1 rings (SSSR count). The lowest BCUT2D eigenvalue weighted by molar-refractivity contribution is 0.551. The van der Waals surface area contributed by atoms with E-state index in [1.54, 1.807) is 7.05 Å². The number of nitrogens with one attached hydrogen (secondary N) is 1. The Kier molecular flexibility index (Phi) is 4.70. The van der Waals surface area contributed by atoms with Crippen molar-refractivity contribution in [2.45, 2.75) is 6.54 Å². The van der Waals surface area contributed by atoms with Crippen molar-refractivity contribution in [1.82, 2.24) is 10.3 Å². The third-order valence-electron chi connectivity index (χ3n) is 1.23. The van der Waals surface area contributed by atoms with Crippen molar-refractivity contribution in [2.24, 2.45) is 0 Å². The van der Waals surface area contributed by atoms with Crippen molar-refractivity contribution in [3.63, 3.8) is 0 Å². The number of hydrogen-bond acceptors (Lipinski definition) is 2. The van der Waals surface area contributed by atoms with Crippen molar-refractivity contribution in [2.75, 3.05) is 7.05 Å². The summed E-state index contributed by atoms with van der Waals surface area (Å²) in [6, 6.07) is 0.819. The molecule has 0 fully saturated rings. The van der Waals surface area contributed by atoms with Crippen LogP contribution in [0.15, 0.2) is 12.3 Å². The molecule has 0 unspecified atom stereocenters. The van der Waals surface area contributed by atoms with Gasteiger partial charge in [-0.2, -0.15) is 0 Å². The number of aromatic nitrogens is 1. The SMILES string of the molecule is CNCc1ncc(F)cc1F.Cl. The second-order valence-corrected chi connectivity index (χ2v) is 2.11. The van der Waals surface area contributed by atoms with Crippen LogP contribution in [0.4, 0.5) is 8.78 Å². The molecule has 0 spiro atoms. The van der Waals surface area contributed by atoms with Gasteiger partial charge in [0.1, 0.15) is 11.6 Å². The van der Waals surface area contributed by atoms with Gasteiger partial charge in [0.05, 0.1) is 11.9 Å². The highest BCUT2D eigenvalue weighted by molar-refractivity contribution is 5.85. The van der Waals surface area contributed by atoms with Crippen LogP contribution in [-0.4, -0.2) is 12.0 Å². The van der Waals surface area contributed by atoms with Gasteiger partial charge in [-0.15, -0.1) is 12.4 Å². The molecule has 0 atom stereocenters. The Bertz CT molecular complexity index is 255. The molecule has 2 nitrogen and oxygen atoms in total. The standard InChI is InChI=1S/C7H8F2N2.ClH/c1-10-4-7-6(9)2-5(8)3-11-7;/h2-3,10H,4H2,1H3;1H. The number of pyridine rings is 1. The average Bonchev–Trinajstić information content (AvgIpc) is 1.95. The van der Waals surface area contributed by atoms with Crippen molar-refractivity contribution >= 4 is 12.4 Å². The Morgan fingerprint density at radius 3 is 2.67 bits per heavy atom. The molecular formula is C7H9ClF2N2. The van der Waals surface area contributed by atoms with Gasteiger partial charge in [0.25, 0.3) is 0 Å². The second-order valence-electron chi connectivity index (χ2n) is 2.11. The van der Waals surface area contributed by atoms with Crippen molar-refractivity contribution < 1.29 is 8.78 Å². The minimum atomic E-state index is -0.651. The maximum atomic E-state index is 12.7. The highest BCUT2D eigenvalue weighted by Crippen LogP contribution is 2.04. The van der Waals surface area contributed by atoms with Crippen LogP contribution in [-0.2, 0) is 6.54 Å². The van der Waals surface area contributed by atoms with Crippen molar-refractivity contribution in [1.29, 1.82) is 0 Å². The van der Waals surface area contributed by atoms with E-state index in [0.29, 0.717) is 6.54 Å². The van der Waals surface area contributed by atoms with E-state index in [9.17, 15) is 8.78 Å². The first kappa shape index (κ1) is 11.3. The third kappa shape index (κ3) is 2.71. The predicted octanol–water partition coefficient (Wildman–Crippen LogP) is 1.50. The normalized spacial score (nSPS) is 9.25. The molecule has 0 saturated heterocycles. The first-order valence-electron chi connectivity index (χ1n) is 3.18. The molecule has 0 bridgehead atoms. The number of rotatable bonds is 2. The smallest absolute Gasteiger partial charge is 0.148 e. The van der Waals surface area contributed by atoms with Gasteiger partial charge >= 0.3 is 0 Å². The lowest BCUT2D eigenvalue weighted by Gasteiger charge is -1.99. The number of halogens is 3. The Morgan fingerprint density at radius 2 is 2.17 bits per heavy atom. The second kappa shape index (κ2) is 5.00. The van der Waals surface area contributed by atoms with Gasteiger partial charge in [0, 0.05) is 12.6 Å². The molecule has 1 aromatic heterocycles. The minimum Gasteiger partial charge on any atom is -0.314 e. The summed E-state index contributed by atoms with van der Waals surface area (Å²) in [5, 5.41) is 2.72. The van der Waals surface area contributed by atoms with Gasteiger partial charge in [0.15, 0.2) is 0 Å². The van der Waals surface area contributed by atoms with Crippen LogP contribution in [0.3, 0.4) is 0 Å². The maximum Gasteiger partial charge on any atom is 0.148 e. The Morgan fingerprint density at radius 1 is 1.50 bits per heavy atom. The molecule has 5 heteroatoms. The lowest BCUT2D eigenvalue weighted by atomic mass is 10.3. The van der Waals surface area contributed by atoms with Gasteiger partial charge in [-0.05, 0) is 7.05 Å². The molecule has 0 aliphatic heterocycles. The summed E-state index contributed by atoms with van der Waals surface area (Å²) in [6.45, 7) is 0.312. The zero-order valence-electron chi connectivity index (χ0n) is 6.47. The molecule has 68 valence electrons. The van der Waals surface area contributed by atoms with E-state index < -0.39 is 11.6 Å². The van der Waals surface area contributed by atoms with Crippen LogP contribution < -0.4 is 5.32 Å². The summed E-state index contributed by atoms with van der Waals surface area (Å²) in [5.74, 6) is -1.26. The van der Waals surface area contributed by atoms with Gasteiger partial charge in [-0.3, -0.25) is 4.98 Å². The fraction of sp³-hybridized carbons (Fsp3) is 0.286. The summed E-state index contributed by atoms with van der Waals surface area (Å²) in [4.78, 5) is 3.56. The zero-order valence-corrected chi connectivity index (χ0v) is 7.29. The summed E-state index contributed by atoms with van der Waals surface area (Å²) < 4.78 is 25.0. The third-order valence-corrected chi connectivity index (χ3v) is 1.23. The minimum absolute atomic E-state index is 0. The van der Waals surface area contributed by atoms with Crippen LogP contribution in [0.1, 0.15) is 5.69 Å². The summed E-state index contributed by atoms with van der Waals surface area (Å²) in [7, 11) is 1.67. The molecule has 0 amide bonds. The fourth-order valence-electron chi connectivity index (χ4n) is 0.740. The van der Waals surface area contributed by atoms with E-state index in [-0.39, 0.29) is 18.1 Å². The van der Waals surface area contributed by atoms with Crippen LogP contribution in [0.25, 0.3) is 0 Å². The highest BCUT2D eigenvalue weighted by atomic mass is 35.5. The van der Waals surface area contributed by atoms with Crippen LogP contribution >= 0.6 is 12.4 Å². The molecule has 0 radical (unpaired) electrons. The molecule has 0 aliphatic carbocycles. The fourth-order valence-corrected chi connectivity index (χ4v) is 0.740. The first-order chi connectivity index (χ1) is 5.24. The van der Waals surface area contributed by atoms with Crippen LogP contribution in [0.5, 0.6) is 0 Å². The molecule has 0 aliphatic rings. The maximum absolute atomic E-state index is 12.7. The largest absolute Gasteiger partial charge is 0.314 e. The Labute approximate surface area is 75.4 Å².